The molecule has 0 aliphatic heterocycles. The molecule has 92 valence electrons. The van der Waals surface area contributed by atoms with E-state index in [0.717, 1.165) is 0 Å². The molecule has 0 aromatic rings. The summed E-state index contributed by atoms with van der Waals surface area (Å²) in [4.78, 5) is 61.2. The minimum Gasteiger partial charge on any atom is -0.189 e. The van der Waals surface area contributed by atoms with Gasteiger partial charge in [0.05, 0.1) is 8.62 Å². The Hall–Kier alpha value is 0.930. The Morgan fingerprint density at radius 1 is 0.800 bits per heavy atom. The summed E-state index contributed by atoms with van der Waals surface area (Å²) in [5.41, 5.74) is -0.844. The average molecular weight is 287 g/mol. The first-order valence-electron chi connectivity index (χ1n) is 3.54. The first kappa shape index (κ1) is 15.9. The maximum atomic E-state index is 9.16. The quantitative estimate of drug-likeness (QED) is 0.330. The van der Waals surface area contributed by atoms with Crippen LogP contribution in [0.25, 0.3) is 0 Å². The van der Waals surface area contributed by atoms with Crippen molar-refractivity contribution < 1.29 is 42.9 Å². The third kappa shape index (κ3) is 6.97. The second-order valence-electron chi connectivity index (χ2n) is 2.85. The summed E-state index contributed by atoms with van der Waals surface area (Å²) in [6.45, 7) is 2.65. The van der Waals surface area contributed by atoms with Crippen LogP contribution in [-0.2, 0) is 8.62 Å². The molecule has 0 fully saturated rings. The third-order valence-corrected chi connectivity index (χ3v) is 6.00. The molecule has 0 aromatic heterocycles. The molecule has 0 aliphatic rings. The molecule has 12 heteroatoms. The normalized spacial score (nSPS) is 14.8. The van der Waals surface area contributed by atoms with Gasteiger partial charge in [0.2, 0.25) is 0 Å². The summed E-state index contributed by atoms with van der Waals surface area (Å²) < 4.78 is 7.63. The summed E-state index contributed by atoms with van der Waals surface area (Å²) >= 11 is 0. The van der Waals surface area contributed by atoms with E-state index >= 15 is 0 Å². The minimum atomic E-state index is -4.93. The molecule has 0 heterocycles. The lowest BCUT2D eigenvalue weighted by Crippen LogP contribution is -2.11. The van der Waals surface area contributed by atoms with Crippen molar-refractivity contribution in [1.29, 1.82) is 0 Å². The molecule has 0 radical (unpaired) electrons. The van der Waals surface area contributed by atoms with E-state index in [9.17, 15) is 0 Å². The molecular formula is C3H14O9P3+3. The number of hydrogen-bond acceptors (Lipinski definition) is 9. The molecule has 0 saturated heterocycles. The van der Waals surface area contributed by atoms with E-state index in [1.165, 1.54) is 13.8 Å². The van der Waals surface area contributed by atoms with Gasteiger partial charge in [0.15, 0.2) is 0 Å². The molecule has 7 N–H and O–H groups in total. The van der Waals surface area contributed by atoms with Gasteiger partial charge in [0.1, 0.15) is 5.66 Å². The molecule has 15 heavy (non-hydrogen) atoms. The highest BCUT2D eigenvalue weighted by atomic mass is 31.3. The molecule has 0 aromatic carbocycles. The molecule has 0 bridgehead atoms. The van der Waals surface area contributed by atoms with Crippen molar-refractivity contribution in [3.05, 3.63) is 0 Å². The van der Waals surface area contributed by atoms with Crippen molar-refractivity contribution in [3.8, 4) is 0 Å². The fourth-order valence-corrected chi connectivity index (χ4v) is 3.94. The topological polar surface area (TPSA) is 160 Å². The summed E-state index contributed by atoms with van der Waals surface area (Å²) in [7, 11) is -13.9. The molecule has 9 nitrogen and oxygen atoms in total. The van der Waals surface area contributed by atoms with Crippen LogP contribution < -0.4 is 0 Å². The van der Waals surface area contributed by atoms with Gasteiger partial charge >= 0.3 is 24.3 Å². The van der Waals surface area contributed by atoms with Crippen LogP contribution in [0.5, 0.6) is 0 Å². The van der Waals surface area contributed by atoms with Crippen molar-refractivity contribution >= 4 is 24.3 Å². The minimum absolute atomic E-state index is 0.844. The van der Waals surface area contributed by atoms with Gasteiger partial charge in [-0.2, -0.15) is 34.3 Å². The van der Waals surface area contributed by atoms with Crippen LogP contribution in [-0.4, -0.2) is 39.9 Å². The van der Waals surface area contributed by atoms with Crippen LogP contribution in [0.15, 0.2) is 0 Å². The zero-order valence-electron chi connectivity index (χ0n) is 7.87. The summed E-state index contributed by atoms with van der Waals surface area (Å²) in [5.74, 6) is 0. The molecule has 0 atom stereocenters. The van der Waals surface area contributed by atoms with E-state index in [-0.39, 0.29) is 0 Å². The van der Waals surface area contributed by atoms with Crippen LogP contribution in [0, 0.1) is 0 Å². The molecule has 0 amide bonds. The van der Waals surface area contributed by atoms with Crippen LogP contribution >= 0.6 is 24.3 Å². The predicted octanol–water partition coefficient (Wildman–Crippen LogP) is -0.508. The second kappa shape index (κ2) is 5.06. The first-order valence-corrected chi connectivity index (χ1v) is 8.32. The molecule has 0 aliphatic carbocycles. The largest absolute Gasteiger partial charge is 0.662 e. The van der Waals surface area contributed by atoms with Crippen LogP contribution in [0.1, 0.15) is 13.8 Å². The standard InChI is InChI=1S/C3H14O9P3/c1-3(2)13(4,5)11-15(9,10)12-14(6,7)8/h3-10H,1-2H3/q+3. The lowest BCUT2D eigenvalue weighted by atomic mass is 10.6. The van der Waals surface area contributed by atoms with Crippen molar-refractivity contribution in [2.24, 2.45) is 0 Å². The second-order valence-corrected chi connectivity index (χ2v) is 8.38. The zero-order valence-corrected chi connectivity index (χ0v) is 10.5. The van der Waals surface area contributed by atoms with Gasteiger partial charge in [-0.1, -0.05) is 0 Å². The Kier molecular flexibility index (Phi) is 5.37. The van der Waals surface area contributed by atoms with Crippen molar-refractivity contribution in [2.45, 2.75) is 19.5 Å². The Balaban J connectivity index is 4.51. The fraction of sp³-hybridized carbons (Fsp3) is 1.00. The van der Waals surface area contributed by atoms with E-state index in [0.29, 0.717) is 0 Å². The monoisotopic (exact) mass is 287 g/mol. The van der Waals surface area contributed by atoms with Gasteiger partial charge in [-0.05, 0) is 13.8 Å². The fourth-order valence-electron chi connectivity index (χ4n) is 0.408. The highest BCUT2D eigenvalue weighted by Crippen LogP contribution is 2.76. The highest BCUT2D eigenvalue weighted by Gasteiger charge is 2.67. The lowest BCUT2D eigenvalue weighted by Gasteiger charge is -2.12. The van der Waals surface area contributed by atoms with Gasteiger partial charge in [0, 0.05) is 0 Å². The summed E-state index contributed by atoms with van der Waals surface area (Å²) in [6.07, 6.45) is 0. The first-order chi connectivity index (χ1) is 6.36. The molecule has 0 rings (SSSR count). The van der Waals surface area contributed by atoms with Crippen molar-refractivity contribution in [2.75, 3.05) is 0 Å². The van der Waals surface area contributed by atoms with Gasteiger partial charge < -0.3 is 0 Å². The average Bonchev–Trinajstić information content (AvgIpc) is 1.75. The van der Waals surface area contributed by atoms with Crippen LogP contribution in [0.2, 0.25) is 0 Å². The molecule has 0 saturated carbocycles. The van der Waals surface area contributed by atoms with E-state index in [1.807, 2.05) is 0 Å². The zero-order chi connectivity index (χ0) is 12.5. The van der Waals surface area contributed by atoms with E-state index in [2.05, 4.69) is 8.62 Å². The van der Waals surface area contributed by atoms with Gasteiger partial charge in [-0.15, -0.1) is 0 Å². The number of rotatable bonds is 5. The van der Waals surface area contributed by atoms with E-state index < -0.39 is 29.9 Å². The molecular weight excluding hydrogens is 273 g/mol. The van der Waals surface area contributed by atoms with Crippen molar-refractivity contribution in [3.63, 3.8) is 0 Å². The smallest absolute Gasteiger partial charge is 0.189 e. The number of hydrogen-bond donors (Lipinski definition) is 7. The molecule has 0 spiro atoms. The Morgan fingerprint density at radius 2 is 1.20 bits per heavy atom. The lowest BCUT2D eigenvalue weighted by molar-refractivity contribution is 0.166. The van der Waals surface area contributed by atoms with E-state index in [4.69, 9.17) is 34.3 Å². The summed E-state index contributed by atoms with van der Waals surface area (Å²) in [5, 5.41) is 0. The van der Waals surface area contributed by atoms with Crippen LogP contribution in [0.4, 0.5) is 0 Å². The molecule has 0 unspecified atom stereocenters. The third-order valence-electron chi connectivity index (χ3n) is 1.12. The predicted molar refractivity (Wildman–Crippen MR) is 53.6 cm³/mol. The van der Waals surface area contributed by atoms with Gasteiger partial charge in [0.25, 0.3) is 0 Å². The Labute approximate surface area is 87.5 Å². The SMILES string of the molecule is CC(C)[P+](O)(O)O[P+](O)(O)O[P+](O)(O)O. The van der Waals surface area contributed by atoms with Crippen molar-refractivity contribution in [1.82, 2.24) is 0 Å². The van der Waals surface area contributed by atoms with Gasteiger partial charge in [-0.3, -0.25) is 0 Å². The maximum Gasteiger partial charge on any atom is 0.662 e. The Morgan fingerprint density at radius 3 is 1.47 bits per heavy atom. The highest BCUT2D eigenvalue weighted by molar-refractivity contribution is 7.75. The van der Waals surface area contributed by atoms with E-state index in [1.54, 1.807) is 0 Å². The Bertz CT molecular complexity index is 209. The summed E-state index contributed by atoms with van der Waals surface area (Å²) in [6, 6.07) is 0. The van der Waals surface area contributed by atoms with Crippen LogP contribution in [0.3, 0.4) is 0 Å². The van der Waals surface area contributed by atoms with Gasteiger partial charge in [-0.25, -0.2) is 0 Å². The maximum absolute atomic E-state index is 9.16.